The van der Waals surface area contributed by atoms with E-state index in [0.29, 0.717) is 25.7 Å². The van der Waals surface area contributed by atoms with Crippen molar-refractivity contribution in [1.82, 2.24) is 9.78 Å². The predicted molar refractivity (Wildman–Crippen MR) is 75.3 cm³/mol. The van der Waals surface area contributed by atoms with E-state index in [2.05, 4.69) is 5.10 Å². The topological polar surface area (TPSA) is 70.1 Å². The smallest absolute Gasteiger partial charge is 0.148 e. The fourth-order valence-corrected chi connectivity index (χ4v) is 3.19. The highest BCUT2D eigenvalue weighted by Crippen LogP contribution is 2.31. The lowest BCUT2D eigenvalue weighted by Gasteiger charge is -2.24. The number of carbonyl (C=O) groups excluding carboxylic acids is 1. The van der Waals surface area contributed by atoms with Crippen LogP contribution in [0.3, 0.4) is 0 Å². The normalized spacial score (nSPS) is 31.0. The zero-order chi connectivity index (χ0) is 14.2. The second kappa shape index (κ2) is 5.30. The van der Waals surface area contributed by atoms with E-state index in [0.717, 1.165) is 5.69 Å². The third-order valence-corrected chi connectivity index (χ3v) is 4.86. The Morgan fingerprint density at radius 3 is 2.95 bits per heavy atom. The summed E-state index contributed by atoms with van der Waals surface area (Å²) in [5, 5.41) is 4.57. The van der Waals surface area contributed by atoms with Gasteiger partial charge in [0.05, 0.1) is 36.8 Å². The van der Waals surface area contributed by atoms with Gasteiger partial charge in [-0.3, -0.25) is 9.48 Å². The fourth-order valence-electron chi connectivity index (χ4n) is 3.19. The van der Waals surface area contributed by atoms with Crippen molar-refractivity contribution in [1.29, 1.82) is 0 Å². The second-order valence-corrected chi connectivity index (χ2v) is 6.36. The van der Waals surface area contributed by atoms with Crippen LogP contribution in [-0.4, -0.2) is 34.8 Å². The molecule has 3 rings (SSSR count). The summed E-state index contributed by atoms with van der Waals surface area (Å²) in [4.78, 5) is 12.5. The summed E-state index contributed by atoms with van der Waals surface area (Å²) in [7, 11) is 0. The zero-order valence-electron chi connectivity index (χ0n) is 12.0. The lowest BCUT2D eigenvalue weighted by molar-refractivity contribution is -0.127. The third kappa shape index (κ3) is 2.40. The standard InChI is InChI=1S/C15H23N3O2/c1-15(10-20-9-13(15)16)14(19)8-11-6-7-18(17-11)12-4-2-3-5-12/h6-7,12-13H,2-5,8-10,16H2,1H3. The van der Waals surface area contributed by atoms with E-state index in [4.69, 9.17) is 10.5 Å². The van der Waals surface area contributed by atoms with E-state index in [1.807, 2.05) is 23.9 Å². The molecular weight excluding hydrogens is 254 g/mol. The first-order chi connectivity index (χ1) is 9.59. The summed E-state index contributed by atoms with van der Waals surface area (Å²) in [5.74, 6) is 0.138. The quantitative estimate of drug-likeness (QED) is 0.905. The van der Waals surface area contributed by atoms with Crippen molar-refractivity contribution >= 4 is 5.78 Å². The molecule has 2 aliphatic rings. The van der Waals surface area contributed by atoms with Crippen molar-refractivity contribution < 1.29 is 9.53 Å². The van der Waals surface area contributed by atoms with Crippen LogP contribution in [0.15, 0.2) is 12.3 Å². The first kappa shape index (κ1) is 13.8. The largest absolute Gasteiger partial charge is 0.379 e. The summed E-state index contributed by atoms with van der Waals surface area (Å²) in [6, 6.07) is 2.28. The average molecular weight is 277 g/mol. The number of nitrogens with zero attached hydrogens (tertiary/aromatic N) is 2. The van der Waals surface area contributed by atoms with Crippen molar-refractivity contribution in [2.75, 3.05) is 13.2 Å². The molecule has 2 heterocycles. The number of carbonyl (C=O) groups is 1. The van der Waals surface area contributed by atoms with E-state index in [-0.39, 0.29) is 11.8 Å². The average Bonchev–Trinajstić information content (AvgIpc) is 3.12. The van der Waals surface area contributed by atoms with Gasteiger partial charge in [0.2, 0.25) is 0 Å². The molecule has 20 heavy (non-hydrogen) atoms. The maximum atomic E-state index is 12.5. The number of hydrogen-bond acceptors (Lipinski definition) is 4. The van der Waals surface area contributed by atoms with Gasteiger partial charge >= 0.3 is 0 Å². The minimum absolute atomic E-state index is 0.138. The Bertz CT molecular complexity index is 493. The Labute approximate surface area is 119 Å². The van der Waals surface area contributed by atoms with Gasteiger partial charge in [0.15, 0.2) is 0 Å². The predicted octanol–water partition coefficient (Wildman–Crippen LogP) is 1.47. The van der Waals surface area contributed by atoms with Gasteiger partial charge in [-0.25, -0.2) is 0 Å². The van der Waals surface area contributed by atoms with Gasteiger partial charge in [0, 0.05) is 12.2 Å². The van der Waals surface area contributed by atoms with Crippen LogP contribution in [0.1, 0.15) is 44.3 Å². The Hall–Kier alpha value is -1.20. The molecule has 2 fully saturated rings. The molecule has 5 nitrogen and oxygen atoms in total. The Balaban J connectivity index is 1.67. The molecule has 1 aliphatic carbocycles. The van der Waals surface area contributed by atoms with Crippen LogP contribution in [0.2, 0.25) is 0 Å². The second-order valence-electron chi connectivity index (χ2n) is 6.36. The van der Waals surface area contributed by atoms with Crippen molar-refractivity contribution in [3.63, 3.8) is 0 Å². The molecule has 0 spiro atoms. The van der Waals surface area contributed by atoms with Gasteiger partial charge in [0.25, 0.3) is 0 Å². The first-order valence-corrected chi connectivity index (χ1v) is 7.50. The molecule has 110 valence electrons. The summed E-state index contributed by atoms with van der Waals surface area (Å²) in [5.41, 5.74) is 6.29. The fraction of sp³-hybridized carbons (Fsp3) is 0.733. The molecule has 0 aromatic carbocycles. The number of ether oxygens (including phenoxy) is 1. The maximum absolute atomic E-state index is 12.5. The lowest BCUT2D eigenvalue weighted by Crippen LogP contribution is -2.45. The molecule has 0 radical (unpaired) electrons. The monoisotopic (exact) mass is 277 g/mol. The Kier molecular flexibility index (Phi) is 3.65. The van der Waals surface area contributed by atoms with Crippen LogP contribution in [-0.2, 0) is 16.0 Å². The SMILES string of the molecule is CC1(C(=O)Cc2ccn(C3CCCC3)n2)COCC1N. The maximum Gasteiger partial charge on any atom is 0.148 e. The van der Waals surface area contributed by atoms with E-state index < -0.39 is 5.41 Å². The van der Waals surface area contributed by atoms with E-state index in [9.17, 15) is 4.79 Å². The van der Waals surface area contributed by atoms with Crippen LogP contribution in [0.4, 0.5) is 0 Å². The van der Waals surface area contributed by atoms with Gasteiger partial charge < -0.3 is 10.5 Å². The lowest BCUT2D eigenvalue weighted by atomic mass is 9.80. The van der Waals surface area contributed by atoms with Crippen molar-refractivity contribution in [2.24, 2.45) is 11.1 Å². The van der Waals surface area contributed by atoms with Crippen LogP contribution in [0.25, 0.3) is 0 Å². The molecule has 2 atom stereocenters. The van der Waals surface area contributed by atoms with Crippen LogP contribution >= 0.6 is 0 Å². The number of Topliss-reactive ketones (excluding diaryl/α,β-unsaturated/α-hetero) is 1. The summed E-state index contributed by atoms with van der Waals surface area (Å²) >= 11 is 0. The van der Waals surface area contributed by atoms with Crippen molar-refractivity contribution in [3.05, 3.63) is 18.0 Å². The van der Waals surface area contributed by atoms with Crippen LogP contribution < -0.4 is 5.73 Å². The Morgan fingerprint density at radius 1 is 1.55 bits per heavy atom. The highest BCUT2D eigenvalue weighted by molar-refractivity contribution is 5.87. The highest BCUT2D eigenvalue weighted by Gasteiger charge is 2.43. The molecular formula is C15H23N3O2. The van der Waals surface area contributed by atoms with Gasteiger partial charge in [-0.2, -0.15) is 5.10 Å². The number of nitrogens with two attached hydrogens (primary N) is 1. The number of hydrogen-bond donors (Lipinski definition) is 1. The molecule has 1 aromatic heterocycles. The molecule has 2 unspecified atom stereocenters. The van der Waals surface area contributed by atoms with Crippen LogP contribution in [0, 0.1) is 5.41 Å². The molecule has 2 N–H and O–H groups in total. The molecule has 1 saturated heterocycles. The molecule has 1 aliphatic heterocycles. The number of ketones is 1. The Morgan fingerprint density at radius 2 is 2.30 bits per heavy atom. The number of rotatable bonds is 4. The molecule has 0 bridgehead atoms. The highest BCUT2D eigenvalue weighted by atomic mass is 16.5. The molecule has 1 aromatic rings. The van der Waals surface area contributed by atoms with Crippen molar-refractivity contribution in [3.8, 4) is 0 Å². The first-order valence-electron chi connectivity index (χ1n) is 7.50. The van der Waals surface area contributed by atoms with E-state index in [1.54, 1.807) is 0 Å². The van der Waals surface area contributed by atoms with Gasteiger partial charge in [-0.15, -0.1) is 0 Å². The van der Waals surface area contributed by atoms with E-state index in [1.165, 1.54) is 25.7 Å². The van der Waals surface area contributed by atoms with E-state index >= 15 is 0 Å². The van der Waals surface area contributed by atoms with Crippen molar-refractivity contribution in [2.45, 2.75) is 51.1 Å². The van der Waals surface area contributed by atoms with Gasteiger partial charge in [-0.05, 0) is 25.8 Å². The third-order valence-electron chi connectivity index (χ3n) is 4.86. The minimum atomic E-state index is -0.558. The van der Waals surface area contributed by atoms with Gasteiger partial charge in [-0.1, -0.05) is 12.8 Å². The minimum Gasteiger partial charge on any atom is -0.379 e. The summed E-state index contributed by atoms with van der Waals surface area (Å²) < 4.78 is 7.38. The summed E-state index contributed by atoms with van der Waals surface area (Å²) in [6.45, 7) is 2.80. The molecule has 1 saturated carbocycles. The summed E-state index contributed by atoms with van der Waals surface area (Å²) in [6.07, 6.45) is 7.32. The zero-order valence-corrected chi connectivity index (χ0v) is 12.0. The molecule has 0 amide bonds. The molecule has 5 heteroatoms. The van der Waals surface area contributed by atoms with Gasteiger partial charge in [0.1, 0.15) is 5.78 Å². The van der Waals surface area contributed by atoms with Crippen LogP contribution in [0.5, 0.6) is 0 Å². The number of aromatic nitrogens is 2.